The minimum absolute atomic E-state index is 1.06. The van der Waals surface area contributed by atoms with Crippen LogP contribution >= 0.6 is 0 Å². The average molecular weight is 995 g/mol. The van der Waals surface area contributed by atoms with Crippen molar-refractivity contribution in [2.75, 3.05) is 9.80 Å². The number of aromatic nitrogens is 2. The minimum atomic E-state index is 1.06. The average Bonchev–Trinajstić information content (AvgIpc) is 4.19. The van der Waals surface area contributed by atoms with Gasteiger partial charge in [0.05, 0.1) is 33.4 Å². The minimum Gasteiger partial charge on any atom is -0.309 e. The van der Waals surface area contributed by atoms with Gasteiger partial charge >= 0.3 is 0 Å². The lowest BCUT2D eigenvalue weighted by atomic mass is 9.91. The molecule has 366 valence electrons. The maximum atomic E-state index is 2.56. The molecule has 2 aromatic heterocycles. The zero-order chi connectivity index (χ0) is 51.5. The van der Waals surface area contributed by atoms with Crippen molar-refractivity contribution in [3.05, 3.63) is 303 Å². The molecule has 0 unspecified atom stereocenters. The molecule has 4 nitrogen and oxygen atoms in total. The second-order valence-electron chi connectivity index (χ2n) is 20.1. The first kappa shape index (κ1) is 45.0. The van der Waals surface area contributed by atoms with Gasteiger partial charge in [0.15, 0.2) is 0 Å². The molecule has 13 aromatic carbocycles. The molecular weight excluding hydrogens is 945 g/mol. The summed E-state index contributed by atoms with van der Waals surface area (Å²) in [7, 11) is 0. The van der Waals surface area contributed by atoms with Crippen molar-refractivity contribution >= 4 is 99.3 Å². The summed E-state index contributed by atoms with van der Waals surface area (Å²) in [6.07, 6.45) is 0. The lowest BCUT2D eigenvalue weighted by molar-refractivity contribution is 1.18. The fourth-order valence-electron chi connectivity index (χ4n) is 12.2. The van der Waals surface area contributed by atoms with Crippen LogP contribution in [0.4, 0.5) is 34.1 Å². The van der Waals surface area contributed by atoms with E-state index >= 15 is 0 Å². The van der Waals surface area contributed by atoms with E-state index in [9.17, 15) is 0 Å². The first-order chi connectivity index (χ1) is 38.7. The van der Waals surface area contributed by atoms with Gasteiger partial charge in [0.2, 0.25) is 0 Å². The van der Waals surface area contributed by atoms with E-state index in [1.807, 2.05) is 0 Å². The van der Waals surface area contributed by atoms with Crippen molar-refractivity contribution in [2.24, 2.45) is 0 Å². The lowest BCUT2D eigenvalue weighted by Gasteiger charge is -2.33. The number of fused-ring (bicyclic) bond motifs is 8. The van der Waals surface area contributed by atoms with Crippen molar-refractivity contribution in [3.63, 3.8) is 0 Å². The molecule has 0 radical (unpaired) electrons. The van der Waals surface area contributed by atoms with E-state index in [0.717, 1.165) is 100 Å². The molecule has 0 aliphatic rings. The Morgan fingerprint density at radius 1 is 0.192 bits per heavy atom. The molecule has 15 rings (SSSR count). The van der Waals surface area contributed by atoms with Gasteiger partial charge in [-0.1, -0.05) is 194 Å². The van der Waals surface area contributed by atoms with Gasteiger partial charge in [-0.3, -0.25) is 0 Å². The van der Waals surface area contributed by atoms with Gasteiger partial charge in [-0.15, -0.1) is 0 Å². The molecule has 0 bridgehead atoms. The highest BCUT2D eigenvalue weighted by Crippen LogP contribution is 2.53. The molecular formula is C74H50N4. The Hall–Kier alpha value is -10.4. The number of anilines is 6. The highest BCUT2D eigenvalue weighted by Gasteiger charge is 2.28. The molecule has 0 amide bonds. The fourth-order valence-corrected chi connectivity index (χ4v) is 12.2. The number of hydrogen-bond donors (Lipinski definition) is 0. The van der Waals surface area contributed by atoms with Gasteiger partial charge in [0.25, 0.3) is 0 Å². The Labute approximate surface area is 452 Å². The molecule has 0 saturated carbocycles. The first-order valence-electron chi connectivity index (χ1n) is 26.8. The molecule has 0 atom stereocenters. The largest absolute Gasteiger partial charge is 0.309 e. The summed E-state index contributed by atoms with van der Waals surface area (Å²) < 4.78 is 4.81. The van der Waals surface area contributed by atoms with Gasteiger partial charge in [-0.25, -0.2) is 0 Å². The number of hydrogen-bond acceptors (Lipinski definition) is 2. The second-order valence-corrected chi connectivity index (χ2v) is 20.1. The SMILES string of the molecule is c1ccc(-c2ccc3c(N(c4ccc5c(c4)c4ccccc4n5-c4ccccc4)c4ccc5c(c4)c4ccccc4n5-c4ccccc4)c4cc(-c5ccccc5)ccc4c(N(c4ccccc4)c4ccccc4)c3c2)cc1. The summed E-state index contributed by atoms with van der Waals surface area (Å²) in [6, 6.07) is 111. The van der Waals surface area contributed by atoms with Crippen LogP contribution in [0.1, 0.15) is 0 Å². The van der Waals surface area contributed by atoms with Crippen molar-refractivity contribution in [3.8, 4) is 33.6 Å². The molecule has 0 spiro atoms. The van der Waals surface area contributed by atoms with E-state index in [-0.39, 0.29) is 0 Å². The molecule has 2 heterocycles. The Morgan fingerprint density at radius 2 is 0.526 bits per heavy atom. The molecule has 0 fully saturated rings. The predicted octanol–water partition coefficient (Wildman–Crippen LogP) is 20.5. The van der Waals surface area contributed by atoms with Crippen LogP contribution in [0, 0.1) is 0 Å². The normalized spacial score (nSPS) is 11.6. The molecule has 0 aliphatic carbocycles. The topological polar surface area (TPSA) is 16.3 Å². The monoisotopic (exact) mass is 994 g/mol. The second kappa shape index (κ2) is 18.7. The highest BCUT2D eigenvalue weighted by molar-refractivity contribution is 6.25. The summed E-state index contributed by atoms with van der Waals surface area (Å²) in [6.45, 7) is 0. The Balaban J connectivity index is 1.11. The van der Waals surface area contributed by atoms with Gasteiger partial charge in [0.1, 0.15) is 0 Å². The standard InChI is InChI=1S/C74H50N4/c1-7-23-51(24-8-1)53-40-44-64-67(47-53)73(75(55-27-11-3-12-28-55)56-29-13-4-14-30-56)63-43-39-54(52-25-9-2-10-26-52)48-68(63)74(64)76(59-41-45-71-65(49-59)61-35-19-21-37-69(61)77(71)57-31-15-5-16-32-57)60-42-46-72-66(50-60)62-36-20-22-38-70(62)78(72)58-33-17-6-18-34-58/h1-50H. The van der Waals surface area contributed by atoms with Gasteiger partial charge < -0.3 is 18.9 Å². The third-order valence-electron chi connectivity index (χ3n) is 15.6. The number of nitrogens with zero attached hydrogens (tertiary/aromatic N) is 4. The molecule has 4 heteroatoms. The maximum Gasteiger partial charge on any atom is 0.0620 e. The van der Waals surface area contributed by atoms with Crippen molar-refractivity contribution in [1.82, 2.24) is 9.13 Å². The Morgan fingerprint density at radius 3 is 0.936 bits per heavy atom. The Kier molecular flexibility index (Phi) is 10.8. The maximum absolute atomic E-state index is 2.56. The van der Waals surface area contributed by atoms with Crippen LogP contribution in [0.15, 0.2) is 303 Å². The summed E-state index contributed by atoms with van der Waals surface area (Å²) >= 11 is 0. The van der Waals surface area contributed by atoms with Gasteiger partial charge in [0, 0.05) is 77.2 Å². The number of benzene rings is 13. The first-order valence-corrected chi connectivity index (χ1v) is 26.8. The highest BCUT2D eigenvalue weighted by atomic mass is 15.2. The summed E-state index contributed by atoms with van der Waals surface area (Å²) in [5.41, 5.74) is 18.0. The number of rotatable bonds is 10. The van der Waals surface area contributed by atoms with Crippen molar-refractivity contribution in [2.45, 2.75) is 0 Å². The summed E-state index contributed by atoms with van der Waals surface area (Å²) in [4.78, 5) is 5.02. The predicted molar refractivity (Wildman–Crippen MR) is 330 cm³/mol. The van der Waals surface area contributed by atoms with Crippen molar-refractivity contribution < 1.29 is 0 Å². The van der Waals surface area contributed by atoms with Crippen molar-refractivity contribution in [1.29, 1.82) is 0 Å². The van der Waals surface area contributed by atoms with Crippen LogP contribution in [0.5, 0.6) is 0 Å². The molecule has 78 heavy (non-hydrogen) atoms. The van der Waals surface area contributed by atoms with E-state index in [1.165, 1.54) is 32.6 Å². The fraction of sp³-hybridized carbons (Fsp3) is 0. The van der Waals surface area contributed by atoms with E-state index < -0.39 is 0 Å². The van der Waals surface area contributed by atoms with Crippen LogP contribution < -0.4 is 9.80 Å². The third-order valence-corrected chi connectivity index (χ3v) is 15.6. The van der Waals surface area contributed by atoms with Crippen LogP contribution in [0.2, 0.25) is 0 Å². The van der Waals surface area contributed by atoms with Crippen LogP contribution in [-0.4, -0.2) is 9.13 Å². The molecule has 15 aromatic rings. The number of para-hydroxylation sites is 6. The van der Waals surface area contributed by atoms with Crippen LogP contribution in [0.3, 0.4) is 0 Å². The summed E-state index contributed by atoms with van der Waals surface area (Å²) in [5, 5.41) is 9.27. The molecule has 0 saturated heterocycles. The van der Waals surface area contributed by atoms with Gasteiger partial charge in [-0.05, 0) is 131 Å². The van der Waals surface area contributed by atoms with Gasteiger partial charge in [-0.2, -0.15) is 0 Å². The van der Waals surface area contributed by atoms with E-state index in [2.05, 4.69) is 322 Å². The Bertz CT molecular complexity index is 4510. The van der Waals surface area contributed by atoms with Crippen LogP contribution in [-0.2, 0) is 0 Å². The van der Waals surface area contributed by atoms with E-state index in [4.69, 9.17) is 0 Å². The summed E-state index contributed by atoms with van der Waals surface area (Å²) in [5.74, 6) is 0. The molecule has 0 N–H and O–H groups in total. The van der Waals surface area contributed by atoms with E-state index in [1.54, 1.807) is 0 Å². The van der Waals surface area contributed by atoms with Crippen LogP contribution in [0.25, 0.3) is 98.8 Å². The zero-order valence-corrected chi connectivity index (χ0v) is 42.7. The lowest BCUT2D eigenvalue weighted by Crippen LogP contribution is -2.15. The molecule has 0 aliphatic heterocycles. The smallest absolute Gasteiger partial charge is 0.0620 e. The third kappa shape index (κ3) is 7.45. The zero-order valence-electron chi connectivity index (χ0n) is 42.7. The van der Waals surface area contributed by atoms with E-state index in [0.29, 0.717) is 0 Å². The quantitative estimate of drug-likeness (QED) is 0.100.